The zero-order valence-electron chi connectivity index (χ0n) is 25.0. The topological polar surface area (TPSA) is 118 Å². The maximum Gasteiger partial charge on any atom is 0.290 e. The van der Waals surface area contributed by atoms with E-state index in [0.29, 0.717) is 28.0 Å². The largest absolute Gasteiger partial charge is 0.392 e. The van der Waals surface area contributed by atoms with Gasteiger partial charge in [-0.1, -0.05) is 39.0 Å². The normalized spacial score (nSPS) is 11.8. The van der Waals surface area contributed by atoms with Gasteiger partial charge in [-0.25, -0.2) is 14.1 Å². The number of anilines is 2. The maximum absolute atomic E-state index is 15.3. The summed E-state index contributed by atoms with van der Waals surface area (Å²) in [5, 5.41) is 22.6. The number of fused-ring (bicyclic) bond motifs is 1. The standard InChI is InChI=1S/C32H34FN7O3/c1-32(2,3)21-12-20-16-35-40(31(43)29(20)24(33)13-21)27-9-7-8-22(23(27)18-41)25-14-26(30(42)39(6)37-25)36-28-11-10-19(15-34-28)17-38(4)5/h7-16,41H,17-18H2,1-6H3,(H,34,36). The second-order valence-electron chi connectivity index (χ2n) is 11.8. The summed E-state index contributed by atoms with van der Waals surface area (Å²) >= 11 is 0. The summed E-state index contributed by atoms with van der Waals surface area (Å²) in [5.74, 6) is -0.152. The lowest BCUT2D eigenvalue weighted by atomic mass is 9.86. The van der Waals surface area contributed by atoms with Gasteiger partial charge in [0.15, 0.2) is 0 Å². The van der Waals surface area contributed by atoms with Gasteiger partial charge in [-0.05, 0) is 61.0 Å². The minimum absolute atomic E-state index is 0.0897. The van der Waals surface area contributed by atoms with Gasteiger partial charge >= 0.3 is 0 Å². The van der Waals surface area contributed by atoms with Crippen molar-refractivity contribution in [2.24, 2.45) is 7.05 Å². The molecule has 3 aromatic heterocycles. The van der Waals surface area contributed by atoms with E-state index in [9.17, 15) is 14.7 Å². The molecule has 2 N–H and O–H groups in total. The van der Waals surface area contributed by atoms with Gasteiger partial charge in [-0.15, -0.1) is 0 Å². The Morgan fingerprint density at radius 2 is 1.79 bits per heavy atom. The molecule has 10 nitrogen and oxygen atoms in total. The Bertz CT molecular complexity index is 1940. The van der Waals surface area contributed by atoms with Crippen LogP contribution < -0.4 is 16.4 Å². The lowest BCUT2D eigenvalue weighted by Crippen LogP contribution is -2.24. The molecule has 0 unspecified atom stereocenters. The quantitative estimate of drug-likeness (QED) is 0.292. The van der Waals surface area contributed by atoms with Crippen molar-refractivity contribution in [1.82, 2.24) is 29.4 Å². The molecule has 2 aromatic carbocycles. The molecule has 11 heteroatoms. The Kier molecular flexibility index (Phi) is 7.96. The molecule has 0 aliphatic rings. The average molecular weight is 584 g/mol. The Hall–Kier alpha value is -4.74. The van der Waals surface area contributed by atoms with Gasteiger partial charge in [-0.2, -0.15) is 14.9 Å². The molecule has 0 radical (unpaired) electrons. The molecule has 0 fully saturated rings. The fraction of sp³-hybridized carbons (Fsp3) is 0.281. The molecule has 0 atom stereocenters. The predicted molar refractivity (Wildman–Crippen MR) is 165 cm³/mol. The minimum Gasteiger partial charge on any atom is -0.392 e. The number of rotatable bonds is 7. The van der Waals surface area contributed by atoms with Crippen LogP contribution in [0.4, 0.5) is 15.9 Å². The van der Waals surface area contributed by atoms with Gasteiger partial charge in [-0.3, -0.25) is 9.59 Å². The highest BCUT2D eigenvalue weighted by molar-refractivity contribution is 5.83. The number of nitrogens with one attached hydrogen (secondary N) is 1. The number of benzene rings is 2. The van der Waals surface area contributed by atoms with Crippen LogP contribution >= 0.6 is 0 Å². The highest BCUT2D eigenvalue weighted by atomic mass is 19.1. The van der Waals surface area contributed by atoms with Crippen molar-refractivity contribution in [3.05, 3.63) is 104 Å². The zero-order valence-corrected chi connectivity index (χ0v) is 25.0. The van der Waals surface area contributed by atoms with Gasteiger partial charge in [0.2, 0.25) is 0 Å². The van der Waals surface area contributed by atoms with Gasteiger partial charge < -0.3 is 15.3 Å². The van der Waals surface area contributed by atoms with E-state index < -0.39 is 18.0 Å². The van der Waals surface area contributed by atoms with Crippen molar-refractivity contribution in [1.29, 1.82) is 0 Å². The number of nitrogens with zero attached hydrogens (tertiary/aromatic N) is 6. The van der Waals surface area contributed by atoms with E-state index >= 15 is 4.39 Å². The second kappa shape index (κ2) is 11.5. The molecule has 5 rings (SSSR count). The molecule has 0 bridgehead atoms. The number of aliphatic hydroxyl groups is 1. The molecular formula is C32H34FN7O3. The number of aryl methyl sites for hydroxylation is 1. The minimum atomic E-state index is -0.651. The van der Waals surface area contributed by atoms with E-state index in [0.717, 1.165) is 22.4 Å². The highest BCUT2D eigenvalue weighted by Crippen LogP contribution is 2.30. The summed E-state index contributed by atoms with van der Waals surface area (Å²) in [6, 6.07) is 13.5. The van der Waals surface area contributed by atoms with E-state index in [-0.39, 0.29) is 27.7 Å². The third-order valence-corrected chi connectivity index (χ3v) is 7.17. The average Bonchev–Trinajstić information content (AvgIpc) is 2.95. The van der Waals surface area contributed by atoms with Crippen LogP contribution in [0.15, 0.2) is 70.5 Å². The maximum atomic E-state index is 15.3. The first kappa shape index (κ1) is 29.7. The lowest BCUT2D eigenvalue weighted by molar-refractivity contribution is 0.281. The van der Waals surface area contributed by atoms with Crippen LogP contribution in [0.1, 0.15) is 37.5 Å². The number of hydrogen-bond acceptors (Lipinski definition) is 8. The molecule has 5 aromatic rings. The smallest absolute Gasteiger partial charge is 0.290 e. The SMILES string of the molecule is CN(C)Cc1ccc(Nc2cc(-c3cccc(-n4ncc5cc(C(C)(C)C)cc(F)c5c4=O)c3CO)nn(C)c2=O)nc1. The Morgan fingerprint density at radius 3 is 2.44 bits per heavy atom. The first-order valence-electron chi connectivity index (χ1n) is 13.8. The van der Waals surface area contributed by atoms with Gasteiger partial charge in [0, 0.05) is 36.3 Å². The van der Waals surface area contributed by atoms with E-state index in [1.807, 2.05) is 45.8 Å². The molecule has 0 saturated carbocycles. The summed E-state index contributed by atoms with van der Waals surface area (Å²) in [5.41, 5.74) is 2.12. The van der Waals surface area contributed by atoms with Crippen LogP contribution in [0.2, 0.25) is 0 Å². The molecular weight excluding hydrogens is 549 g/mol. The zero-order chi connectivity index (χ0) is 31.1. The number of pyridine rings is 1. The predicted octanol–water partition coefficient (Wildman–Crippen LogP) is 4.28. The number of aliphatic hydroxyl groups excluding tert-OH is 1. The highest BCUT2D eigenvalue weighted by Gasteiger charge is 2.21. The fourth-order valence-corrected chi connectivity index (χ4v) is 4.94. The van der Waals surface area contributed by atoms with E-state index in [4.69, 9.17) is 0 Å². The molecule has 222 valence electrons. The van der Waals surface area contributed by atoms with Crippen LogP contribution in [0.3, 0.4) is 0 Å². The van der Waals surface area contributed by atoms with Crippen molar-refractivity contribution >= 4 is 22.3 Å². The van der Waals surface area contributed by atoms with Gasteiger partial charge in [0.05, 0.1) is 29.6 Å². The van der Waals surface area contributed by atoms with E-state index in [1.54, 1.807) is 42.6 Å². The molecule has 0 aliphatic carbocycles. The number of hydrogen-bond donors (Lipinski definition) is 2. The summed E-state index contributed by atoms with van der Waals surface area (Å²) in [4.78, 5) is 33.0. The van der Waals surface area contributed by atoms with Gasteiger partial charge in [0.25, 0.3) is 11.1 Å². The Morgan fingerprint density at radius 1 is 1.02 bits per heavy atom. The lowest BCUT2D eigenvalue weighted by Gasteiger charge is -2.20. The fourth-order valence-electron chi connectivity index (χ4n) is 4.94. The first-order valence-corrected chi connectivity index (χ1v) is 13.8. The monoisotopic (exact) mass is 583 g/mol. The van der Waals surface area contributed by atoms with Crippen LogP contribution in [0.25, 0.3) is 27.7 Å². The summed E-state index contributed by atoms with van der Waals surface area (Å²) in [6.45, 7) is 6.16. The van der Waals surface area contributed by atoms with E-state index in [1.165, 1.54) is 24.0 Å². The van der Waals surface area contributed by atoms with Gasteiger partial charge in [0.1, 0.15) is 17.3 Å². The van der Waals surface area contributed by atoms with Crippen LogP contribution in [0.5, 0.6) is 0 Å². The summed E-state index contributed by atoms with van der Waals surface area (Å²) in [6.07, 6.45) is 3.19. The third kappa shape index (κ3) is 5.95. The summed E-state index contributed by atoms with van der Waals surface area (Å²) in [7, 11) is 5.46. The van der Waals surface area contributed by atoms with Crippen molar-refractivity contribution in [2.75, 3.05) is 19.4 Å². The van der Waals surface area contributed by atoms with Crippen molar-refractivity contribution in [2.45, 2.75) is 39.3 Å². The molecule has 0 spiro atoms. The number of aromatic nitrogens is 5. The summed E-state index contributed by atoms with van der Waals surface area (Å²) < 4.78 is 17.6. The van der Waals surface area contributed by atoms with Crippen molar-refractivity contribution < 1.29 is 9.50 Å². The number of halogens is 1. The molecule has 43 heavy (non-hydrogen) atoms. The van der Waals surface area contributed by atoms with Crippen molar-refractivity contribution in [3.8, 4) is 16.9 Å². The first-order chi connectivity index (χ1) is 20.4. The van der Waals surface area contributed by atoms with Crippen LogP contribution in [-0.4, -0.2) is 48.6 Å². The second-order valence-corrected chi connectivity index (χ2v) is 11.8. The Labute approximate surface area is 248 Å². The molecule has 0 amide bonds. The van der Waals surface area contributed by atoms with Crippen LogP contribution in [0, 0.1) is 5.82 Å². The molecule has 0 aliphatic heterocycles. The van der Waals surface area contributed by atoms with Crippen LogP contribution in [-0.2, 0) is 25.6 Å². The van der Waals surface area contributed by atoms with Crippen molar-refractivity contribution in [3.63, 3.8) is 0 Å². The Balaban J connectivity index is 1.59. The van der Waals surface area contributed by atoms with E-state index in [2.05, 4.69) is 20.5 Å². The molecule has 0 saturated heterocycles. The third-order valence-electron chi connectivity index (χ3n) is 7.17. The molecule has 3 heterocycles.